The lowest BCUT2D eigenvalue weighted by atomic mass is 9.88. The topological polar surface area (TPSA) is 110 Å². The fourth-order valence-electron chi connectivity index (χ4n) is 4.24. The molecule has 0 bridgehead atoms. The average Bonchev–Trinajstić information content (AvgIpc) is 2.74. The lowest BCUT2D eigenvalue weighted by Crippen LogP contribution is -2.38. The first-order chi connectivity index (χ1) is 15.7. The maximum absolute atomic E-state index is 12.6. The fourth-order valence-corrected chi connectivity index (χ4v) is 4.24. The molecule has 1 saturated heterocycles. The molecule has 2 heterocycles. The Balaban J connectivity index is 2.03. The van der Waals surface area contributed by atoms with Crippen molar-refractivity contribution in [2.24, 2.45) is 17.8 Å². The number of nitrogens with one attached hydrogen (secondary N) is 1. The maximum atomic E-state index is 12.6. The molecule has 0 unspecified atom stereocenters. The number of cyclic esters (lactones) is 1. The Morgan fingerprint density at radius 3 is 2.61 bits per heavy atom. The summed E-state index contributed by atoms with van der Waals surface area (Å²) in [5.41, 5.74) is 0.736. The van der Waals surface area contributed by atoms with Gasteiger partial charge >= 0.3 is 5.97 Å². The fraction of sp³-hybridized carbons (Fsp3) is 0.615. The third-order valence-corrected chi connectivity index (χ3v) is 6.28. The lowest BCUT2D eigenvalue weighted by Gasteiger charge is -2.29. The van der Waals surface area contributed by atoms with Gasteiger partial charge in [0.2, 0.25) is 11.8 Å². The van der Waals surface area contributed by atoms with Gasteiger partial charge in [0.15, 0.2) is 5.78 Å². The number of rotatable bonds is 6. The number of allylic oxidation sites excluding steroid dienone is 4. The summed E-state index contributed by atoms with van der Waals surface area (Å²) in [5.74, 6) is -1.81. The van der Waals surface area contributed by atoms with Gasteiger partial charge in [-0.05, 0) is 56.6 Å². The number of hydrogen-bond donors (Lipinski definition) is 2. The van der Waals surface area contributed by atoms with Crippen LogP contribution in [0.3, 0.4) is 0 Å². The Morgan fingerprint density at radius 1 is 1.21 bits per heavy atom. The Hall–Kier alpha value is -2.54. The van der Waals surface area contributed by atoms with Crippen LogP contribution in [0.2, 0.25) is 0 Å². The third-order valence-electron chi connectivity index (χ3n) is 6.28. The van der Waals surface area contributed by atoms with Gasteiger partial charge in [-0.2, -0.15) is 0 Å². The van der Waals surface area contributed by atoms with Crippen LogP contribution in [0.25, 0.3) is 0 Å². The zero-order valence-corrected chi connectivity index (χ0v) is 19.9. The van der Waals surface area contributed by atoms with E-state index < -0.39 is 18.1 Å². The predicted molar refractivity (Wildman–Crippen MR) is 125 cm³/mol. The predicted octanol–water partition coefficient (Wildman–Crippen LogP) is 3.57. The molecule has 0 radical (unpaired) electrons. The van der Waals surface area contributed by atoms with Crippen LogP contribution in [0.5, 0.6) is 0 Å². The molecule has 0 aromatic rings. The van der Waals surface area contributed by atoms with Crippen LogP contribution >= 0.6 is 0 Å². The molecule has 2 aliphatic heterocycles. The molecule has 4 atom stereocenters. The van der Waals surface area contributed by atoms with Gasteiger partial charge in [-0.15, -0.1) is 0 Å². The van der Waals surface area contributed by atoms with E-state index in [4.69, 9.17) is 4.74 Å². The molecule has 33 heavy (non-hydrogen) atoms. The van der Waals surface area contributed by atoms with E-state index in [-0.39, 0.29) is 48.2 Å². The van der Waals surface area contributed by atoms with Crippen LogP contribution in [-0.2, 0) is 23.9 Å². The van der Waals surface area contributed by atoms with Gasteiger partial charge in [0, 0.05) is 31.1 Å². The van der Waals surface area contributed by atoms with Gasteiger partial charge in [-0.25, -0.2) is 0 Å². The zero-order chi connectivity index (χ0) is 24.4. The Labute approximate surface area is 196 Å². The summed E-state index contributed by atoms with van der Waals surface area (Å²) in [5, 5.41) is 12.9. The standard InChI is InChI=1S/C26H37NO6/c1-17(21(28)12-9-10-20-15-23(30)27-24(31)16-20)14-18(2)26-19(3)22(29)11-7-5-4-6-8-13-25(32)33-26/h5,7,9,12,14,17,19-20,22,26,29H,4,6,8,10-11,13,15-16H2,1-3H3,(H,27,30,31)/b7-5+,12-9+,18-14+/t17-,19-,22+,26-/m0/s1. The largest absolute Gasteiger partial charge is 0.457 e. The highest BCUT2D eigenvalue weighted by atomic mass is 16.5. The van der Waals surface area contributed by atoms with Crippen molar-refractivity contribution < 1.29 is 29.0 Å². The molecule has 182 valence electrons. The highest BCUT2D eigenvalue weighted by Crippen LogP contribution is 2.25. The second-order valence-corrected chi connectivity index (χ2v) is 9.28. The SMILES string of the molecule is C/C(=C\[C@H](C)C(=O)/C=C/CC1CC(=O)NC(=O)C1)[C@@H]1OC(=O)CCCC/C=C/C[C@@H](O)[C@@H]1C. The number of ether oxygens (including phenoxy) is 1. The summed E-state index contributed by atoms with van der Waals surface area (Å²) in [7, 11) is 0. The van der Waals surface area contributed by atoms with Crippen LogP contribution < -0.4 is 5.32 Å². The number of aliphatic hydroxyl groups is 1. The van der Waals surface area contributed by atoms with Crippen LogP contribution in [-0.4, -0.2) is 40.9 Å². The van der Waals surface area contributed by atoms with Crippen LogP contribution in [0.1, 0.15) is 72.1 Å². The van der Waals surface area contributed by atoms with Gasteiger partial charge in [0.25, 0.3) is 0 Å². The van der Waals surface area contributed by atoms with Crippen molar-refractivity contribution in [2.45, 2.75) is 84.3 Å². The third kappa shape index (κ3) is 9.08. The number of carbonyl (C=O) groups is 4. The first-order valence-electron chi connectivity index (χ1n) is 11.9. The van der Waals surface area contributed by atoms with Gasteiger partial charge in [-0.1, -0.05) is 38.2 Å². The molecule has 0 saturated carbocycles. The van der Waals surface area contributed by atoms with E-state index in [1.54, 1.807) is 19.1 Å². The normalized spacial score (nSPS) is 28.4. The monoisotopic (exact) mass is 459 g/mol. The summed E-state index contributed by atoms with van der Waals surface area (Å²) in [6, 6.07) is 0. The summed E-state index contributed by atoms with van der Waals surface area (Å²) in [4.78, 5) is 47.9. The smallest absolute Gasteiger partial charge is 0.306 e. The lowest BCUT2D eigenvalue weighted by molar-refractivity contribution is -0.151. The number of esters is 1. The molecule has 2 aliphatic rings. The molecule has 2 amide bonds. The minimum atomic E-state index is -0.664. The molecule has 0 aromatic heterocycles. The first-order valence-corrected chi connectivity index (χ1v) is 11.9. The van der Waals surface area contributed by atoms with Crippen LogP contribution in [0.15, 0.2) is 36.0 Å². The van der Waals surface area contributed by atoms with Crippen LogP contribution in [0, 0.1) is 17.8 Å². The first kappa shape index (κ1) is 26.7. The molecule has 7 nitrogen and oxygen atoms in total. The summed E-state index contributed by atoms with van der Waals surface area (Å²) < 4.78 is 5.74. The second kappa shape index (κ2) is 13.2. The van der Waals surface area contributed by atoms with Crippen molar-refractivity contribution in [3.63, 3.8) is 0 Å². The molecular formula is C26H37NO6. The molecule has 2 N–H and O–H groups in total. The molecule has 0 aromatic carbocycles. The van der Waals surface area contributed by atoms with Crippen molar-refractivity contribution in [3.8, 4) is 0 Å². The van der Waals surface area contributed by atoms with Crippen molar-refractivity contribution >= 4 is 23.6 Å². The molecule has 7 heteroatoms. The number of carbonyl (C=O) groups excluding carboxylic acids is 4. The van der Waals surface area contributed by atoms with Crippen molar-refractivity contribution in [1.29, 1.82) is 0 Å². The van der Waals surface area contributed by atoms with E-state index in [0.29, 0.717) is 19.3 Å². The minimum Gasteiger partial charge on any atom is -0.457 e. The van der Waals surface area contributed by atoms with Gasteiger partial charge in [-0.3, -0.25) is 24.5 Å². The number of piperidine rings is 1. The maximum Gasteiger partial charge on any atom is 0.306 e. The second-order valence-electron chi connectivity index (χ2n) is 9.28. The van der Waals surface area contributed by atoms with E-state index in [1.807, 2.05) is 26.0 Å². The Bertz CT molecular complexity index is 796. The highest BCUT2D eigenvalue weighted by Gasteiger charge is 2.29. The number of amides is 2. The van der Waals surface area contributed by atoms with E-state index in [1.165, 1.54) is 6.08 Å². The molecule has 1 fully saturated rings. The van der Waals surface area contributed by atoms with Crippen LogP contribution in [0.4, 0.5) is 0 Å². The van der Waals surface area contributed by atoms with Gasteiger partial charge in [0.05, 0.1) is 6.10 Å². The number of hydrogen-bond acceptors (Lipinski definition) is 6. The highest BCUT2D eigenvalue weighted by molar-refractivity contribution is 5.97. The molecule has 2 rings (SSSR count). The van der Waals surface area contributed by atoms with Crippen molar-refractivity contribution in [1.82, 2.24) is 5.32 Å². The molecule has 0 aliphatic carbocycles. The van der Waals surface area contributed by atoms with E-state index in [0.717, 1.165) is 24.8 Å². The average molecular weight is 460 g/mol. The quantitative estimate of drug-likeness (QED) is 0.272. The zero-order valence-electron chi connectivity index (χ0n) is 19.9. The van der Waals surface area contributed by atoms with E-state index in [9.17, 15) is 24.3 Å². The number of imide groups is 1. The number of aliphatic hydroxyl groups excluding tert-OH is 1. The summed E-state index contributed by atoms with van der Waals surface area (Å²) in [6.07, 6.45) is 12.1. The van der Waals surface area contributed by atoms with Gasteiger partial charge in [0.1, 0.15) is 6.10 Å². The summed E-state index contributed by atoms with van der Waals surface area (Å²) in [6.45, 7) is 5.45. The Kier molecular flexibility index (Phi) is 10.7. The Morgan fingerprint density at radius 2 is 1.91 bits per heavy atom. The van der Waals surface area contributed by atoms with Crippen molar-refractivity contribution in [3.05, 3.63) is 36.0 Å². The van der Waals surface area contributed by atoms with E-state index >= 15 is 0 Å². The summed E-state index contributed by atoms with van der Waals surface area (Å²) >= 11 is 0. The van der Waals surface area contributed by atoms with Gasteiger partial charge < -0.3 is 9.84 Å². The molecule has 0 spiro atoms. The molecular weight excluding hydrogens is 422 g/mol. The van der Waals surface area contributed by atoms with E-state index in [2.05, 4.69) is 5.32 Å². The van der Waals surface area contributed by atoms with Crippen molar-refractivity contribution in [2.75, 3.05) is 0 Å². The minimum absolute atomic E-state index is 0.0881. The number of ketones is 1.